The molecule has 4 nitrogen and oxygen atoms in total. The van der Waals surface area contributed by atoms with E-state index < -0.39 is 0 Å². The summed E-state index contributed by atoms with van der Waals surface area (Å²) in [6.07, 6.45) is 1.39. The molecule has 1 heterocycles. The van der Waals surface area contributed by atoms with Crippen LogP contribution in [0.1, 0.15) is 15.9 Å². The Labute approximate surface area is 112 Å². The second-order valence-electron chi connectivity index (χ2n) is 3.88. The van der Waals surface area contributed by atoms with Gasteiger partial charge in [-0.2, -0.15) is 0 Å². The van der Waals surface area contributed by atoms with Gasteiger partial charge in [0.25, 0.3) is 5.91 Å². The zero-order chi connectivity index (χ0) is 13.1. The van der Waals surface area contributed by atoms with Gasteiger partial charge in [0, 0.05) is 16.7 Å². The van der Waals surface area contributed by atoms with Crippen molar-refractivity contribution in [3.63, 3.8) is 0 Å². The van der Waals surface area contributed by atoms with Gasteiger partial charge in [-0.15, -0.1) is 0 Å². The van der Waals surface area contributed by atoms with Crippen LogP contribution in [0.3, 0.4) is 0 Å². The molecule has 2 N–H and O–H groups in total. The van der Waals surface area contributed by atoms with E-state index in [1.165, 1.54) is 18.3 Å². The van der Waals surface area contributed by atoms with E-state index in [9.17, 15) is 9.59 Å². The lowest BCUT2D eigenvalue weighted by Gasteiger charge is -2.07. The molecule has 0 fully saturated rings. The summed E-state index contributed by atoms with van der Waals surface area (Å²) < 4.78 is 0.820. The average molecular weight is 307 g/mol. The Morgan fingerprint density at radius 1 is 1.28 bits per heavy atom. The summed E-state index contributed by atoms with van der Waals surface area (Å²) in [5.74, 6) is -0.268. The summed E-state index contributed by atoms with van der Waals surface area (Å²) in [4.78, 5) is 25.3. The van der Waals surface area contributed by atoms with Crippen LogP contribution in [0.2, 0.25) is 0 Å². The van der Waals surface area contributed by atoms with Crippen LogP contribution in [0, 0.1) is 6.92 Å². The number of benzene rings is 1. The molecule has 0 aliphatic heterocycles. The van der Waals surface area contributed by atoms with E-state index in [0.29, 0.717) is 11.3 Å². The molecule has 1 aromatic carbocycles. The van der Waals surface area contributed by atoms with Crippen molar-refractivity contribution < 1.29 is 4.79 Å². The fourth-order valence-corrected chi connectivity index (χ4v) is 2.06. The van der Waals surface area contributed by atoms with Gasteiger partial charge >= 0.3 is 0 Å². The fourth-order valence-electron chi connectivity index (χ4n) is 1.47. The van der Waals surface area contributed by atoms with E-state index in [1.807, 2.05) is 25.1 Å². The molecule has 0 saturated heterocycles. The van der Waals surface area contributed by atoms with Crippen LogP contribution in [0.15, 0.2) is 45.8 Å². The third-order valence-corrected chi connectivity index (χ3v) is 3.08. The zero-order valence-electron chi connectivity index (χ0n) is 9.66. The number of pyridine rings is 1. The first kappa shape index (κ1) is 12.6. The summed E-state index contributed by atoms with van der Waals surface area (Å²) in [7, 11) is 0. The molecule has 1 aromatic heterocycles. The molecule has 0 saturated carbocycles. The first-order valence-electron chi connectivity index (χ1n) is 5.32. The van der Waals surface area contributed by atoms with Crippen LogP contribution < -0.4 is 10.9 Å². The van der Waals surface area contributed by atoms with Crippen molar-refractivity contribution in [1.29, 1.82) is 0 Å². The third-order valence-electron chi connectivity index (χ3n) is 2.42. The number of anilines is 1. The van der Waals surface area contributed by atoms with Gasteiger partial charge in [0.2, 0.25) is 5.56 Å². The maximum Gasteiger partial charge on any atom is 0.257 e. The van der Waals surface area contributed by atoms with Crippen LogP contribution in [-0.4, -0.2) is 10.9 Å². The van der Waals surface area contributed by atoms with Crippen molar-refractivity contribution in [2.24, 2.45) is 0 Å². The standard InChI is InChI=1S/C13H11BrN2O2/c1-8-2-4-11(10(14)6-8)16-13(18)9-3-5-12(17)15-7-9/h2-7H,1H3,(H,15,17)(H,16,18). The minimum atomic E-state index is -0.268. The lowest BCUT2D eigenvalue weighted by atomic mass is 10.2. The Morgan fingerprint density at radius 3 is 2.67 bits per heavy atom. The maximum absolute atomic E-state index is 11.9. The average Bonchev–Trinajstić information content (AvgIpc) is 2.33. The SMILES string of the molecule is Cc1ccc(NC(=O)c2ccc(=O)[nH]c2)c(Br)c1. The van der Waals surface area contributed by atoms with Crippen LogP contribution >= 0.6 is 15.9 Å². The minimum Gasteiger partial charge on any atom is -0.328 e. The molecule has 0 atom stereocenters. The second kappa shape index (κ2) is 5.18. The van der Waals surface area contributed by atoms with E-state index in [2.05, 4.69) is 26.2 Å². The van der Waals surface area contributed by atoms with Gasteiger partial charge in [-0.05, 0) is 46.6 Å². The van der Waals surface area contributed by atoms with Crippen molar-refractivity contribution in [3.05, 3.63) is 62.5 Å². The fraction of sp³-hybridized carbons (Fsp3) is 0.0769. The lowest BCUT2D eigenvalue weighted by Crippen LogP contribution is -2.14. The van der Waals surface area contributed by atoms with E-state index in [0.717, 1.165) is 10.0 Å². The monoisotopic (exact) mass is 306 g/mol. The molecule has 18 heavy (non-hydrogen) atoms. The van der Waals surface area contributed by atoms with Crippen molar-refractivity contribution in [1.82, 2.24) is 4.98 Å². The summed E-state index contributed by atoms with van der Waals surface area (Å²) >= 11 is 3.39. The molecular formula is C13H11BrN2O2. The van der Waals surface area contributed by atoms with Gasteiger partial charge in [-0.3, -0.25) is 9.59 Å². The van der Waals surface area contributed by atoms with Crippen LogP contribution in [0.4, 0.5) is 5.69 Å². The van der Waals surface area contributed by atoms with Crippen molar-refractivity contribution in [2.75, 3.05) is 5.32 Å². The van der Waals surface area contributed by atoms with Gasteiger partial charge in [-0.25, -0.2) is 0 Å². The molecular weight excluding hydrogens is 296 g/mol. The predicted molar refractivity (Wildman–Crippen MR) is 73.9 cm³/mol. The first-order chi connectivity index (χ1) is 8.56. The largest absolute Gasteiger partial charge is 0.328 e. The number of amides is 1. The molecule has 2 rings (SSSR count). The Balaban J connectivity index is 2.21. The van der Waals surface area contributed by atoms with Crippen LogP contribution in [-0.2, 0) is 0 Å². The van der Waals surface area contributed by atoms with Crippen molar-refractivity contribution in [3.8, 4) is 0 Å². The molecule has 0 unspecified atom stereocenters. The molecule has 0 bridgehead atoms. The van der Waals surface area contributed by atoms with Crippen LogP contribution in [0.25, 0.3) is 0 Å². The number of aromatic nitrogens is 1. The molecule has 0 radical (unpaired) electrons. The number of H-pyrrole nitrogens is 1. The number of nitrogens with one attached hydrogen (secondary N) is 2. The maximum atomic E-state index is 11.9. The number of halogens is 1. The molecule has 0 aliphatic carbocycles. The van der Waals surface area contributed by atoms with E-state index in [4.69, 9.17) is 0 Å². The Kier molecular flexibility index (Phi) is 3.62. The molecule has 0 aliphatic rings. The number of hydrogen-bond acceptors (Lipinski definition) is 2. The number of rotatable bonds is 2. The van der Waals surface area contributed by atoms with Crippen molar-refractivity contribution >= 4 is 27.5 Å². The van der Waals surface area contributed by atoms with Gasteiger partial charge in [0.05, 0.1) is 11.3 Å². The quantitative estimate of drug-likeness (QED) is 0.896. The van der Waals surface area contributed by atoms with Gasteiger partial charge in [-0.1, -0.05) is 6.07 Å². The van der Waals surface area contributed by atoms with Crippen LogP contribution in [0.5, 0.6) is 0 Å². The van der Waals surface area contributed by atoms with Gasteiger partial charge < -0.3 is 10.3 Å². The molecule has 2 aromatic rings. The Morgan fingerprint density at radius 2 is 2.06 bits per heavy atom. The second-order valence-corrected chi connectivity index (χ2v) is 4.73. The third kappa shape index (κ3) is 2.87. The van der Waals surface area contributed by atoms with Gasteiger partial charge in [0.1, 0.15) is 0 Å². The number of carbonyl (C=O) groups is 1. The van der Waals surface area contributed by atoms with Gasteiger partial charge in [0.15, 0.2) is 0 Å². The smallest absolute Gasteiger partial charge is 0.257 e. The zero-order valence-corrected chi connectivity index (χ0v) is 11.2. The number of carbonyl (C=O) groups excluding carboxylic acids is 1. The minimum absolute atomic E-state index is 0.233. The Hall–Kier alpha value is -1.88. The highest BCUT2D eigenvalue weighted by Gasteiger charge is 2.08. The highest BCUT2D eigenvalue weighted by atomic mass is 79.9. The number of aryl methyl sites for hydroxylation is 1. The molecule has 5 heteroatoms. The normalized spacial score (nSPS) is 10.1. The number of hydrogen-bond donors (Lipinski definition) is 2. The van der Waals surface area contributed by atoms with E-state index in [1.54, 1.807) is 0 Å². The highest BCUT2D eigenvalue weighted by Crippen LogP contribution is 2.23. The summed E-state index contributed by atoms with van der Waals surface area (Å²) in [5.41, 5.74) is 1.96. The highest BCUT2D eigenvalue weighted by molar-refractivity contribution is 9.10. The predicted octanol–water partition coefficient (Wildman–Crippen LogP) is 2.70. The molecule has 92 valence electrons. The number of aromatic amines is 1. The van der Waals surface area contributed by atoms with E-state index >= 15 is 0 Å². The molecule has 1 amide bonds. The molecule has 0 spiro atoms. The van der Waals surface area contributed by atoms with E-state index in [-0.39, 0.29) is 11.5 Å². The van der Waals surface area contributed by atoms with Crippen molar-refractivity contribution in [2.45, 2.75) is 6.92 Å². The summed E-state index contributed by atoms with van der Waals surface area (Å²) in [5, 5.41) is 2.77. The lowest BCUT2D eigenvalue weighted by molar-refractivity contribution is 0.102. The Bertz CT molecular complexity index is 629. The topological polar surface area (TPSA) is 62.0 Å². The first-order valence-corrected chi connectivity index (χ1v) is 6.12. The summed E-state index contributed by atoms with van der Waals surface area (Å²) in [6, 6.07) is 8.45. The summed E-state index contributed by atoms with van der Waals surface area (Å²) in [6.45, 7) is 1.97.